The molecule has 1 aliphatic carbocycles. The maximum Gasteiger partial charge on any atom is 0.230 e. The summed E-state index contributed by atoms with van der Waals surface area (Å²) in [6.45, 7) is 3.89. The van der Waals surface area contributed by atoms with E-state index < -0.39 is 9.84 Å². The number of piperidine rings is 1. The van der Waals surface area contributed by atoms with E-state index >= 15 is 0 Å². The summed E-state index contributed by atoms with van der Waals surface area (Å²) in [6, 6.07) is 8.65. The van der Waals surface area contributed by atoms with Crippen molar-refractivity contribution in [1.82, 2.24) is 9.80 Å². The smallest absolute Gasteiger partial charge is 0.230 e. The third-order valence-corrected chi connectivity index (χ3v) is 7.92. The minimum absolute atomic E-state index is 0.118. The van der Waals surface area contributed by atoms with Crippen LogP contribution in [-0.2, 0) is 14.6 Å². The van der Waals surface area contributed by atoms with E-state index in [-0.39, 0.29) is 11.2 Å². The van der Waals surface area contributed by atoms with Crippen LogP contribution in [0.5, 0.6) is 0 Å². The molecule has 1 atom stereocenters. The summed E-state index contributed by atoms with van der Waals surface area (Å²) in [5.41, 5.74) is -0.260. The van der Waals surface area contributed by atoms with Crippen LogP contribution in [0.15, 0.2) is 35.2 Å². The summed E-state index contributed by atoms with van der Waals surface area (Å²) in [5, 5.41) is 0. The summed E-state index contributed by atoms with van der Waals surface area (Å²) in [5.74, 6) is 1.17. The molecule has 142 valence electrons. The Morgan fingerprint density at radius 2 is 1.85 bits per heavy atom. The first-order chi connectivity index (χ1) is 12.5. The molecule has 6 heteroatoms. The van der Waals surface area contributed by atoms with Crippen molar-refractivity contribution in [1.29, 1.82) is 0 Å². The second-order valence-corrected chi connectivity index (χ2v) is 10.3. The van der Waals surface area contributed by atoms with Gasteiger partial charge in [0.05, 0.1) is 16.1 Å². The van der Waals surface area contributed by atoms with Crippen molar-refractivity contribution in [3.63, 3.8) is 0 Å². The zero-order valence-corrected chi connectivity index (χ0v) is 16.1. The lowest BCUT2D eigenvalue weighted by Crippen LogP contribution is -2.50. The molecule has 1 amide bonds. The standard InChI is InChI=1S/C20H28N2O3S/c23-19-20(9-4-11-22(19)15-17-7-8-17)10-12-21(16-20)13-14-26(24,25)18-5-2-1-3-6-18/h1-3,5-6,17H,4,7-16H2/t20-/m0/s1. The Balaban J connectivity index is 1.36. The van der Waals surface area contributed by atoms with Gasteiger partial charge in [0, 0.05) is 26.2 Å². The Morgan fingerprint density at radius 3 is 2.58 bits per heavy atom. The van der Waals surface area contributed by atoms with Gasteiger partial charge in [0.25, 0.3) is 0 Å². The highest BCUT2D eigenvalue weighted by atomic mass is 32.2. The molecule has 2 aliphatic heterocycles. The van der Waals surface area contributed by atoms with Gasteiger partial charge in [-0.25, -0.2) is 8.42 Å². The van der Waals surface area contributed by atoms with Crippen LogP contribution in [0.25, 0.3) is 0 Å². The molecule has 0 N–H and O–H groups in total. The zero-order valence-electron chi connectivity index (χ0n) is 15.3. The third kappa shape index (κ3) is 3.67. The molecule has 1 saturated carbocycles. The second kappa shape index (κ2) is 6.97. The number of carbonyl (C=O) groups is 1. The largest absolute Gasteiger partial charge is 0.342 e. The molecule has 2 saturated heterocycles. The number of likely N-dealkylation sites (tertiary alicyclic amines) is 2. The highest BCUT2D eigenvalue weighted by Gasteiger charge is 2.48. The maximum absolute atomic E-state index is 13.1. The molecule has 2 heterocycles. The average molecular weight is 377 g/mol. The first-order valence-corrected chi connectivity index (χ1v) is 11.4. The van der Waals surface area contributed by atoms with Gasteiger partial charge in [0.2, 0.25) is 5.91 Å². The average Bonchev–Trinajstić information content (AvgIpc) is 3.37. The Labute approximate surface area is 156 Å². The van der Waals surface area contributed by atoms with Gasteiger partial charge in [-0.2, -0.15) is 0 Å². The monoisotopic (exact) mass is 376 g/mol. The number of amides is 1. The number of carbonyl (C=O) groups excluding carboxylic acids is 1. The van der Waals surface area contributed by atoms with Crippen molar-refractivity contribution < 1.29 is 13.2 Å². The van der Waals surface area contributed by atoms with Crippen LogP contribution in [0, 0.1) is 11.3 Å². The lowest BCUT2D eigenvalue weighted by Gasteiger charge is -2.39. The number of sulfone groups is 1. The Kier molecular flexibility index (Phi) is 4.82. The first kappa shape index (κ1) is 18.0. The van der Waals surface area contributed by atoms with Crippen LogP contribution in [0.2, 0.25) is 0 Å². The lowest BCUT2D eigenvalue weighted by molar-refractivity contribution is -0.145. The minimum Gasteiger partial charge on any atom is -0.342 e. The molecule has 1 aromatic carbocycles. The molecule has 0 radical (unpaired) electrons. The van der Waals surface area contributed by atoms with Gasteiger partial charge in [0.15, 0.2) is 9.84 Å². The normalized spacial score (nSPS) is 27.4. The van der Waals surface area contributed by atoms with Gasteiger partial charge in [-0.1, -0.05) is 18.2 Å². The summed E-state index contributed by atoms with van der Waals surface area (Å²) in [7, 11) is -3.26. The van der Waals surface area contributed by atoms with E-state index in [2.05, 4.69) is 9.80 Å². The second-order valence-electron chi connectivity index (χ2n) is 8.24. The molecule has 1 spiro atoms. The minimum atomic E-state index is -3.26. The van der Waals surface area contributed by atoms with Crippen LogP contribution in [-0.4, -0.2) is 62.6 Å². The molecule has 26 heavy (non-hydrogen) atoms. The van der Waals surface area contributed by atoms with E-state index in [4.69, 9.17) is 0 Å². The number of benzene rings is 1. The Morgan fingerprint density at radius 1 is 1.08 bits per heavy atom. The Hall–Kier alpha value is -1.40. The van der Waals surface area contributed by atoms with Crippen molar-refractivity contribution in [2.75, 3.05) is 38.5 Å². The fraction of sp³-hybridized carbons (Fsp3) is 0.650. The first-order valence-electron chi connectivity index (χ1n) is 9.78. The van der Waals surface area contributed by atoms with Gasteiger partial charge in [-0.3, -0.25) is 4.79 Å². The number of rotatable bonds is 6. The Bertz CT molecular complexity index is 761. The van der Waals surface area contributed by atoms with E-state index in [1.165, 1.54) is 12.8 Å². The van der Waals surface area contributed by atoms with Crippen molar-refractivity contribution in [2.24, 2.45) is 11.3 Å². The molecule has 3 aliphatic rings. The molecule has 0 bridgehead atoms. The van der Waals surface area contributed by atoms with Crippen molar-refractivity contribution in [2.45, 2.75) is 37.0 Å². The van der Waals surface area contributed by atoms with Crippen molar-refractivity contribution in [3.8, 4) is 0 Å². The molecule has 0 unspecified atom stereocenters. The van der Waals surface area contributed by atoms with E-state index in [1.807, 2.05) is 6.07 Å². The highest BCUT2D eigenvalue weighted by Crippen LogP contribution is 2.41. The van der Waals surface area contributed by atoms with E-state index in [0.29, 0.717) is 17.3 Å². The van der Waals surface area contributed by atoms with E-state index in [9.17, 15) is 13.2 Å². The molecule has 5 nitrogen and oxygen atoms in total. The number of hydrogen-bond acceptors (Lipinski definition) is 4. The molecule has 1 aromatic rings. The van der Waals surface area contributed by atoms with Crippen LogP contribution in [0.1, 0.15) is 32.1 Å². The van der Waals surface area contributed by atoms with E-state index in [1.54, 1.807) is 24.3 Å². The molecular formula is C20H28N2O3S. The number of hydrogen-bond donors (Lipinski definition) is 0. The lowest BCUT2D eigenvalue weighted by atomic mass is 9.78. The van der Waals surface area contributed by atoms with Gasteiger partial charge in [-0.15, -0.1) is 0 Å². The summed E-state index contributed by atoms with van der Waals surface area (Å²) in [4.78, 5) is 17.7. The fourth-order valence-corrected chi connectivity index (χ4v) is 5.77. The van der Waals surface area contributed by atoms with Gasteiger partial charge in [0.1, 0.15) is 0 Å². The van der Waals surface area contributed by atoms with Crippen LogP contribution in [0.3, 0.4) is 0 Å². The molecular weight excluding hydrogens is 348 g/mol. The molecule has 3 fully saturated rings. The van der Waals surface area contributed by atoms with Crippen LogP contribution >= 0.6 is 0 Å². The van der Waals surface area contributed by atoms with E-state index in [0.717, 1.165) is 51.4 Å². The summed E-state index contributed by atoms with van der Waals surface area (Å²) < 4.78 is 25.0. The van der Waals surface area contributed by atoms with Crippen LogP contribution < -0.4 is 0 Å². The highest BCUT2D eigenvalue weighted by molar-refractivity contribution is 7.91. The summed E-state index contributed by atoms with van der Waals surface area (Å²) >= 11 is 0. The third-order valence-electron chi connectivity index (χ3n) is 6.21. The topological polar surface area (TPSA) is 57.7 Å². The van der Waals surface area contributed by atoms with Crippen LogP contribution in [0.4, 0.5) is 0 Å². The SMILES string of the molecule is O=C1N(CC2CC2)CCC[C@@]12CCN(CCS(=O)(=O)c1ccccc1)C2. The molecule has 0 aromatic heterocycles. The zero-order chi connectivity index (χ0) is 18.2. The maximum atomic E-state index is 13.1. The predicted octanol–water partition coefficient (Wildman–Crippen LogP) is 2.18. The molecule has 4 rings (SSSR count). The van der Waals surface area contributed by atoms with Gasteiger partial charge >= 0.3 is 0 Å². The number of nitrogens with zero attached hydrogens (tertiary/aromatic N) is 2. The van der Waals surface area contributed by atoms with Gasteiger partial charge < -0.3 is 9.80 Å². The quantitative estimate of drug-likeness (QED) is 0.764. The van der Waals surface area contributed by atoms with Crippen molar-refractivity contribution in [3.05, 3.63) is 30.3 Å². The fourth-order valence-electron chi connectivity index (χ4n) is 4.46. The van der Waals surface area contributed by atoms with Gasteiger partial charge in [-0.05, 0) is 56.7 Å². The summed E-state index contributed by atoms with van der Waals surface area (Å²) in [6.07, 6.45) is 5.43. The van der Waals surface area contributed by atoms with Crippen molar-refractivity contribution >= 4 is 15.7 Å². The predicted molar refractivity (Wildman–Crippen MR) is 101 cm³/mol.